The molecule has 0 saturated heterocycles. The molecule has 224 valence electrons. The molecule has 3 heterocycles. The smallest absolute Gasteiger partial charge is 0.509 e. The minimum absolute atomic E-state index is 0. The molecule has 3 aromatic carbocycles. The molecule has 0 fully saturated rings. The van der Waals surface area contributed by atoms with Gasteiger partial charge in [-0.2, -0.15) is 16.7 Å². The van der Waals surface area contributed by atoms with Crippen LogP contribution in [0.5, 0.6) is 11.5 Å². The van der Waals surface area contributed by atoms with Gasteiger partial charge in [-0.05, 0) is 62.7 Å². The van der Waals surface area contributed by atoms with Crippen molar-refractivity contribution in [1.29, 1.82) is 0 Å². The van der Waals surface area contributed by atoms with Gasteiger partial charge < -0.3 is 9.30 Å². The normalized spacial score (nSPS) is 16.6. The van der Waals surface area contributed by atoms with Crippen LogP contribution in [-0.2, 0) is 21.1 Å². The summed E-state index contributed by atoms with van der Waals surface area (Å²) in [6.45, 7) is 10.9. The number of fused-ring (bicyclic) bond motifs is 3. The van der Waals surface area contributed by atoms with Crippen LogP contribution >= 0.6 is 0 Å². The van der Waals surface area contributed by atoms with Crippen molar-refractivity contribution in [2.75, 3.05) is 0 Å². The van der Waals surface area contributed by atoms with E-state index >= 15 is 0 Å². The Balaban J connectivity index is 0.00000343. The van der Waals surface area contributed by atoms with Crippen LogP contribution < -0.4 is 4.74 Å². The fourth-order valence-corrected chi connectivity index (χ4v) is 6.81. The minimum Gasteiger partial charge on any atom is -0.509 e. The summed E-state index contributed by atoms with van der Waals surface area (Å²) in [5.74, 6) is 2.20. The number of ether oxygens (including phenoxy) is 1. The molecule has 44 heavy (non-hydrogen) atoms. The van der Waals surface area contributed by atoms with Gasteiger partial charge >= 0.3 is 21.1 Å². The van der Waals surface area contributed by atoms with Gasteiger partial charge in [-0.1, -0.05) is 49.2 Å². The number of pyridine rings is 1. The summed E-state index contributed by atoms with van der Waals surface area (Å²) in [7, 11) is 0. The number of hydrogen-bond donors (Lipinski definition) is 0. The van der Waals surface area contributed by atoms with Gasteiger partial charge in [-0.25, -0.2) is 9.37 Å². The topological polar surface area (TPSA) is 44.9 Å². The van der Waals surface area contributed by atoms with Crippen molar-refractivity contribution < 1.29 is 30.2 Å². The van der Waals surface area contributed by atoms with Gasteiger partial charge in [0.15, 0.2) is 0 Å². The van der Waals surface area contributed by atoms with Crippen LogP contribution in [0.1, 0.15) is 55.1 Å². The second-order valence-electron chi connectivity index (χ2n) is 11.8. The number of allylic oxidation sites excluding steroid dienone is 2. The van der Waals surface area contributed by atoms with Gasteiger partial charge in [0.1, 0.15) is 11.6 Å². The molecule has 6 aromatic rings. The molecule has 0 spiro atoms. The van der Waals surface area contributed by atoms with E-state index < -0.39 is 0 Å². The maximum Gasteiger partial charge on any atom is 2.00 e. The second-order valence-corrected chi connectivity index (χ2v) is 11.8. The Labute approximate surface area is 271 Å². The van der Waals surface area contributed by atoms with E-state index in [2.05, 4.69) is 63.0 Å². The van der Waals surface area contributed by atoms with Crippen molar-refractivity contribution in [2.24, 2.45) is 5.92 Å². The molecule has 1 aliphatic rings. The van der Waals surface area contributed by atoms with E-state index in [0.717, 1.165) is 50.9 Å². The Hall–Kier alpha value is -4.02. The standard InChI is InChI=1S/C37H33FN4O.Pt/c1-22-17-28(42-26(5)37(25(4)40-42)36-23(2)9-8-10-24(36)3)20-30(18-22)43-29-13-14-32-31-11-6-7-12-33(31)41(34(32)21-29)35-19-27(38)15-16-39-35;/h6-7,9,11-19,24,36H,8,10H2,1-5H3;/q-2;+2/t24-,36?;/m0./s1. The Morgan fingerprint density at radius 1 is 0.932 bits per heavy atom. The van der Waals surface area contributed by atoms with Crippen LogP contribution in [0.2, 0.25) is 0 Å². The zero-order chi connectivity index (χ0) is 29.8. The fraction of sp³-hybridized carbons (Fsp3) is 0.243. The summed E-state index contributed by atoms with van der Waals surface area (Å²) in [5, 5.41) is 7.01. The van der Waals surface area contributed by atoms with Crippen molar-refractivity contribution in [1.82, 2.24) is 19.3 Å². The molecule has 1 aliphatic carbocycles. The summed E-state index contributed by atoms with van der Waals surface area (Å²) >= 11 is 0. The molecule has 5 nitrogen and oxygen atoms in total. The number of nitrogens with zero attached hydrogens (tertiary/aromatic N) is 4. The second kappa shape index (κ2) is 11.8. The quantitative estimate of drug-likeness (QED) is 0.130. The van der Waals surface area contributed by atoms with Crippen molar-refractivity contribution >= 4 is 21.8 Å². The number of hydrogen-bond acceptors (Lipinski definition) is 3. The largest absolute Gasteiger partial charge is 2.00 e. The Kier molecular flexibility index (Phi) is 8.06. The molecule has 0 amide bonds. The number of benzene rings is 3. The monoisotopic (exact) mass is 763 g/mol. The van der Waals surface area contributed by atoms with Crippen LogP contribution in [0.3, 0.4) is 0 Å². The first-order valence-electron chi connectivity index (χ1n) is 14.8. The molecule has 1 unspecified atom stereocenters. The molecule has 2 atom stereocenters. The van der Waals surface area contributed by atoms with Gasteiger partial charge in [-0.15, -0.1) is 35.7 Å². The van der Waals surface area contributed by atoms with E-state index in [-0.39, 0.29) is 26.9 Å². The van der Waals surface area contributed by atoms with Crippen molar-refractivity contribution in [3.05, 3.63) is 119 Å². The molecule has 0 aliphatic heterocycles. The van der Waals surface area contributed by atoms with Gasteiger partial charge in [0, 0.05) is 46.5 Å². The predicted molar refractivity (Wildman–Crippen MR) is 169 cm³/mol. The third-order valence-corrected chi connectivity index (χ3v) is 8.72. The van der Waals surface area contributed by atoms with Crippen LogP contribution in [0.4, 0.5) is 4.39 Å². The molecular weight excluding hydrogens is 731 g/mol. The number of para-hydroxylation sites is 1. The first-order chi connectivity index (χ1) is 20.8. The summed E-state index contributed by atoms with van der Waals surface area (Å²) in [6.07, 6.45) is 6.19. The van der Waals surface area contributed by atoms with E-state index in [1.807, 2.05) is 52.6 Å². The van der Waals surface area contributed by atoms with Crippen LogP contribution in [-0.4, -0.2) is 19.3 Å². The fourth-order valence-electron chi connectivity index (χ4n) is 6.81. The molecule has 0 bridgehead atoms. The summed E-state index contributed by atoms with van der Waals surface area (Å²) < 4.78 is 24.6. The van der Waals surface area contributed by atoms with Crippen LogP contribution in [0.15, 0.2) is 78.5 Å². The molecule has 3 aromatic heterocycles. The molecule has 7 heteroatoms. The van der Waals surface area contributed by atoms with Gasteiger partial charge in [-0.3, -0.25) is 4.68 Å². The van der Waals surface area contributed by atoms with Crippen LogP contribution in [0.25, 0.3) is 33.3 Å². The predicted octanol–water partition coefficient (Wildman–Crippen LogP) is 9.28. The summed E-state index contributed by atoms with van der Waals surface area (Å²) in [6, 6.07) is 25.7. The van der Waals surface area contributed by atoms with E-state index in [9.17, 15) is 4.39 Å². The van der Waals surface area contributed by atoms with Crippen molar-refractivity contribution in [2.45, 2.75) is 53.4 Å². The number of rotatable bonds is 5. The molecular formula is C37H33FN4OPt. The van der Waals surface area contributed by atoms with Gasteiger partial charge in [0.2, 0.25) is 0 Å². The van der Waals surface area contributed by atoms with E-state index in [0.29, 0.717) is 29.2 Å². The SMILES string of the molecule is CC1=CCC[C@H](C)C1c1c(C)nn(-c2[c-]c(Oc3[c-]c4c(cc3)c3ccccc3n4-c3cc(F)ccn3)cc(C)c2)c1C.[Pt+2]. The van der Waals surface area contributed by atoms with Crippen LogP contribution in [0, 0.1) is 44.6 Å². The Bertz CT molecular complexity index is 2060. The third-order valence-electron chi connectivity index (χ3n) is 8.72. The maximum atomic E-state index is 14.2. The summed E-state index contributed by atoms with van der Waals surface area (Å²) in [5.41, 5.74) is 8.50. The van der Waals surface area contributed by atoms with Gasteiger partial charge in [0.05, 0.1) is 5.69 Å². The zero-order valence-corrected chi connectivity index (χ0v) is 27.7. The van der Waals surface area contributed by atoms with Gasteiger partial charge in [0.25, 0.3) is 0 Å². The maximum absolute atomic E-state index is 14.2. The molecule has 7 rings (SSSR count). The van der Waals surface area contributed by atoms with Crippen molar-refractivity contribution in [3.8, 4) is 23.0 Å². The van der Waals surface area contributed by atoms with E-state index in [1.54, 1.807) is 0 Å². The molecule has 0 saturated carbocycles. The Morgan fingerprint density at radius 2 is 1.75 bits per heavy atom. The third kappa shape index (κ3) is 5.20. The number of halogens is 1. The number of aryl methyl sites for hydroxylation is 2. The summed E-state index contributed by atoms with van der Waals surface area (Å²) in [4.78, 5) is 4.46. The minimum atomic E-state index is -0.346. The first kappa shape index (κ1) is 30.0. The van der Waals surface area contributed by atoms with Crippen molar-refractivity contribution in [3.63, 3.8) is 0 Å². The average Bonchev–Trinajstić information content (AvgIpc) is 3.46. The average molecular weight is 764 g/mol. The first-order valence-corrected chi connectivity index (χ1v) is 14.8. The zero-order valence-electron chi connectivity index (χ0n) is 25.4. The molecule has 0 N–H and O–H groups in total. The van der Waals surface area contributed by atoms with E-state index in [4.69, 9.17) is 9.84 Å². The molecule has 0 radical (unpaired) electrons. The van der Waals surface area contributed by atoms with E-state index in [1.165, 1.54) is 35.9 Å². The number of aromatic nitrogens is 4. The Morgan fingerprint density at radius 3 is 2.55 bits per heavy atom.